The standard InChI is InChI=1S/C16H15N3O2/c1-10-4-9-14-15(17-10)19(11(2)18-16(14)20)12-5-7-13(21-3)8-6-12/h4-9H,1-3H3. The van der Waals surface area contributed by atoms with Crippen LogP contribution in [-0.4, -0.2) is 21.6 Å². The molecule has 3 rings (SSSR count). The molecule has 21 heavy (non-hydrogen) atoms. The number of ether oxygens (including phenoxy) is 1. The number of fused-ring (bicyclic) bond motifs is 1. The molecular weight excluding hydrogens is 266 g/mol. The molecule has 2 heterocycles. The van der Waals surface area contributed by atoms with Gasteiger partial charge in [0.05, 0.1) is 12.5 Å². The molecule has 1 aromatic carbocycles. The highest BCUT2D eigenvalue weighted by atomic mass is 16.5. The van der Waals surface area contributed by atoms with Gasteiger partial charge >= 0.3 is 0 Å². The first-order chi connectivity index (χ1) is 10.1. The van der Waals surface area contributed by atoms with Crippen molar-refractivity contribution >= 4 is 11.0 Å². The van der Waals surface area contributed by atoms with Crippen LogP contribution < -0.4 is 10.3 Å². The highest BCUT2D eigenvalue weighted by Gasteiger charge is 2.11. The minimum absolute atomic E-state index is 0.250. The molecule has 2 aromatic heterocycles. The smallest absolute Gasteiger partial charge is 0.282 e. The number of rotatable bonds is 2. The van der Waals surface area contributed by atoms with Gasteiger partial charge in [0.25, 0.3) is 5.56 Å². The van der Waals surface area contributed by atoms with Crippen molar-refractivity contribution in [3.05, 3.63) is 58.3 Å². The molecule has 0 saturated carbocycles. The molecule has 0 spiro atoms. The zero-order valence-electron chi connectivity index (χ0n) is 12.1. The van der Waals surface area contributed by atoms with Gasteiger partial charge in [0, 0.05) is 11.4 Å². The second-order valence-corrected chi connectivity index (χ2v) is 4.82. The molecule has 0 aliphatic rings. The molecule has 0 unspecified atom stereocenters. The van der Waals surface area contributed by atoms with Crippen LogP contribution in [0.15, 0.2) is 41.2 Å². The third-order valence-electron chi connectivity index (χ3n) is 3.37. The maximum atomic E-state index is 12.0. The molecule has 0 aliphatic carbocycles. The number of nitrogens with zero attached hydrogens (tertiary/aromatic N) is 3. The molecular formula is C16H15N3O2. The predicted molar refractivity (Wildman–Crippen MR) is 81.2 cm³/mol. The molecule has 5 heteroatoms. The van der Waals surface area contributed by atoms with Gasteiger partial charge in [0.15, 0.2) is 5.65 Å². The molecule has 0 bridgehead atoms. The fourth-order valence-electron chi connectivity index (χ4n) is 2.33. The summed E-state index contributed by atoms with van der Waals surface area (Å²) in [5.41, 5.74) is 2.12. The van der Waals surface area contributed by atoms with Gasteiger partial charge in [0.1, 0.15) is 11.6 Å². The van der Waals surface area contributed by atoms with Crippen LogP contribution in [0.25, 0.3) is 16.7 Å². The second kappa shape index (κ2) is 5.01. The Balaban J connectivity index is 2.34. The van der Waals surface area contributed by atoms with Crippen LogP contribution in [0, 0.1) is 13.8 Å². The molecule has 0 saturated heterocycles. The molecule has 0 aliphatic heterocycles. The van der Waals surface area contributed by atoms with Gasteiger partial charge in [-0.05, 0) is 50.2 Å². The molecule has 0 atom stereocenters. The summed E-state index contributed by atoms with van der Waals surface area (Å²) in [6, 6.07) is 11.2. The van der Waals surface area contributed by atoms with Gasteiger partial charge < -0.3 is 4.74 Å². The topological polar surface area (TPSA) is 57.0 Å². The van der Waals surface area contributed by atoms with Crippen LogP contribution in [-0.2, 0) is 0 Å². The van der Waals surface area contributed by atoms with Crippen molar-refractivity contribution in [2.75, 3.05) is 7.11 Å². The van der Waals surface area contributed by atoms with E-state index in [0.717, 1.165) is 17.1 Å². The first-order valence-electron chi connectivity index (χ1n) is 6.61. The van der Waals surface area contributed by atoms with Gasteiger partial charge in [0.2, 0.25) is 0 Å². The van der Waals surface area contributed by atoms with E-state index in [9.17, 15) is 4.79 Å². The van der Waals surface area contributed by atoms with Gasteiger partial charge in [-0.1, -0.05) is 0 Å². The number of aromatic nitrogens is 3. The van der Waals surface area contributed by atoms with Crippen molar-refractivity contribution in [2.45, 2.75) is 13.8 Å². The summed E-state index contributed by atoms with van der Waals surface area (Å²) in [5, 5.41) is 0.516. The summed E-state index contributed by atoms with van der Waals surface area (Å²) < 4.78 is 7.05. The normalized spacial score (nSPS) is 10.8. The summed E-state index contributed by atoms with van der Waals surface area (Å²) in [6.45, 7) is 3.70. The fourth-order valence-corrected chi connectivity index (χ4v) is 2.33. The van der Waals surface area contributed by atoms with Crippen LogP contribution in [0.3, 0.4) is 0 Å². The van der Waals surface area contributed by atoms with Gasteiger partial charge in [-0.15, -0.1) is 0 Å². The Bertz CT molecular complexity index is 867. The highest BCUT2D eigenvalue weighted by Crippen LogP contribution is 2.19. The maximum absolute atomic E-state index is 12.0. The Morgan fingerprint density at radius 2 is 1.71 bits per heavy atom. The van der Waals surface area contributed by atoms with E-state index in [-0.39, 0.29) is 5.56 Å². The van der Waals surface area contributed by atoms with Gasteiger partial charge in [-0.3, -0.25) is 9.36 Å². The van der Waals surface area contributed by atoms with E-state index < -0.39 is 0 Å². The first kappa shape index (κ1) is 13.3. The number of hydrogen-bond acceptors (Lipinski definition) is 4. The third kappa shape index (κ3) is 2.27. The zero-order chi connectivity index (χ0) is 15.0. The maximum Gasteiger partial charge on any atom is 0.282 e. The second-order valence-electron chi connectivity index (χ2n) is 4.82. The van der Waals surface area contributed by atoms with E-state index in [2.05, 4.69) is 9.97 Å². The monoisotopic (exact) mass is 281 g/mol. The van der Waals surface area contributed by atoms with E-state index in [1.165, 1.54) is 0 Å². The van der Waals surface area contributed by atoms with Crippen LogP contribution in [0.2, 0.25) is 0 Å². The summed E-state index contributed by atoms with van der Waals surface area (Å²) in [5.74, 6) is 1.38. The SMILES string of the molecule is COc1ccc(-n2c(C)nc(=O)c3ccc(C)nc32)cc1. The molecule has 0 fully saturated rings. The van der Waals surface area contributed by atoms with Gasteiger partial charge in [-0.25, -0.2) is 4.98 Å². The zero-order valence-corrected chi connectivity index (χ0v) is 12.1. The average molecular weight is 281 g/mol. The number of hydrogen-bond donors (Lipinski definition) is 0. The fraction of sp³-hybridized carbons (Fsp3) is 0.188. The summed E-state index contributed by atoms with van der Waals surface area (Å²) in [7, 11) is 1.63. The predicted octanol–water partition coefficient (Wildman–Crippen LogP) is 2.41. The van der Waals surface area contributed by atoms with Crippen molar-refractivity contribution in [1.82, 2.24) is 14.5 Å². The lowest BCUT2D eigenvalue weighted by atomic mass is 10.2. The number of aryl methyl sites for hydroxylation is 2. The van der Waals surface area contributed by atoms with Crippen molar-refractivity contribution in [1.29, 1.82) is 0 Å². The van der Waals surface area contributed by atoms with Crippen LogP contribution >= 0.6 is 0 Å². The lowest BCUT2D eigenvalue weighted by Gasteiger charge is -2.13. The molecule has 0 amide bonds. The Morgan fingerprint density at radius 1 is 1.00 bits per heavy atom. The van der Waals surface area contributed by atoms with E-state index in [0.29, 0.717) is 16.9 Å². The Labute approximate surface area is 121 Å². The molecule has 0 radical (unpaired) electrons. The van der Waals surface area contributed by atoms with Gasteiger partial charge in [-0.2, -0.15) is 4.98 Å². The van der Waals surface area contributed by atoms with Crippen LogP contribution in [0.1, 0.15) is 11.5 Å². The Kier molecular flexibility index (Phi) is 3.17. The summed E-state index contributed by atoms with van der Waals surface area (Å²) >= 11 is 0. The third-order valence-corrected chi connectivity index (χ3v) is 3.37. The molecule has 0 N–H and O–H groups in total. The largest absolute Gasteiger partial charge is 0.497 e. The molecule has 5 nitrogen and oxygen atoms in total. The Morgan fingerprint density at radius 3 is 2.38 bits per heavy atom. The highest BCUT2D eigenvalue weighted by molar-refractivity contribution is 5.76. The van der Waals surface area contributed by atoms with Crippen LogP contribution in [0.5, 0.6) is 5.75 Å². The van der Waals surface area contributed by atoms with Crippen LogP contribution in [0.4, 0.5) is 0 Å². The van der Waals surface area contributed by atoms with Crippen molar-refractivity contribution in [2.24, 2.45) is 0 Å². The minimum atomic E-state index is -0.250. The molecule has 3 aromatic rings. The lowest BCUT2D eigenvalue weighted by molar-refractivity contribution is 0.414. The number of benzene rings is 1. The first-order valence-corrected chi connectivity index (χ1v) is 6.61. The lowest BCUT2D eigenvalue weighted by Crippen LogP contribution is -2.17. The van der Waals surface area contributed by atoms with E-state index >= 15 is 0 Å². The van der Waals surface area contributed by atoms with E-state index in [1.807, 2.05) is 41.8 Å². The summed E-state index contributed by atoms with van der Waals surface area (Å²) in [6.07, 6.45) is 0. The summed E-state index contributed by atoms with van der Waals surface area (Å²) in [4.78, 5) is 20.6. The van der Waals surface area contributed by atoms with Crippen molar-refractivity contribution < 1.29 is 4.74 Å². The minimum Gasteiger partial charge on any atom is -0.497 e. The Hall–Kier alpha value is -2.69. The van der Waals surface area contributed by atoms with Crippen molar-refractivity contribution in [3.8, 4) is 11.4 Å². The van der Waals surface area contributed by atoms with E-state index in [4.69, 9.17) is 4.74 Å². The van der Waals surface area contributed by atoms with E-state index in [1.54, 1.807) is 20.1 Å². The average Bonchev–Trinajstić information content (AvgIpc) is 2.47. The number of pyridine rings is 1. The quantitative estimate of drug-likeness (QED) is 0.724. The van der Waals surface area contributed by atoms with Crippen molar-refractivity contribution in [3.63, 3.8) is 0 Å². The number of methoxy groups -OCH3 is 1. The molecule has 106 valence electrons.